The van der Waals surface area contributed by atoms with Crippen LogP contribution in [0.25, 0.3) is 11.4 Å². The minimum Gasteiger partial charge on any atom is -0.392 e. The quantitative estimate of drug-likeness (QED) is 0.640. The second kappa shape index (κ2) is 10.9. The van der Waals surface area contributed by atoms with Crippen LogP contribution in [0, 0.1) is 0 Å². The third-order valence-electron chi connectivity index (χ3n) is 6.52. The highest BCUT2D eigenvalue weighted by Gasteiger charge is 2.30. The molecule has 3 saturated heterocycles. The first-order valence-corrected chi connectivity index (χ1v) is 13.0. The Morgan fingerprint density at radius 3 is 2.47 bits per heavy atom. The number of morpholine rings is 1. The fourth-order valence-electron chi connectivity index (χ4n) is 4.56. The zero-order valence-electron chi connectivity index (χ0n) is 19.4. The highest BCUT2D eigenvalue weighted by molar-refractivity contribution is 8.00. The zero-order valence-corrected chi connectivity index (χ0v) is 20.2. The van der Waals surface area contributed by atoms with E-state index in [1.54, 1.807) is 11.8 Å². The Hall–Kier alpha value is -2.40. The van der Waals surface area contributed by atoms with Gasteiger partial charge in [0.15, 0.2) is 5.82 Å². The van der Waals surface area contributed by atoms with Crippen LogP contribution in [0.2, 0.25) is 0 Å². The fourth-order valence-corrected chi connectivity index (χ4v) is 5.63. The number of anilines is 2. The van der Waals surface area contributed by atoms with E-state index >= 15 is 0 Å². The van der Waals surface area contributed by atoms with E-state index in [2.05, 4.69) is 21.2 Å². The number of carbonyl (C=O) groups excluding carboxylic acids is 1. The van der Waals surface area contributed by atoms with Crippen molar-refractivity contribution < 1.29 is 14.6 Å². The standard InChI is InChI=1S/C24H32N6O3S/c31-17-18-2-1-3-19(14-18)23-26-21(15-22(27-23)29-9-11-33-12-10-29)28-5-7-30(8-6-28)24(32)20-16-25-4-13-34-20/h1-3,14-15,20,25,31H,4-13,16-17H2. The number of aromatic nitrogens is 2. The van der Waals surface area contributed by atoms with Crippen LogP contribution in [-0.2, 0) is 16.1 Å². The number of nitrogens with one attached hydrogen (secondary N) is 1. The highest BCUT2D eigenvalue weighted by Crippen LogP contribution is 2.27. The van der Waals surface area contributed by atoms with Gasteiger partial charge in [0.2, 0.25) is 5.91 Å². The van der Waals surface area contributed by atoms with Gasteiger partial charge in [0.1, 0.15) is 11.6 Å². The molecular formula is C24H32N6O3S. The predicted molar refractivity (Wildman–Crippen MR) is 134 cm³/mol. The first-order valence-electron chi connectivity index (χ1n) is 12.0. The minimum absolute atomic E-state index is 0.0192. The summed E-state index contributed by atoms with van der Waals surface area (Å²) in [6.07, 6.45) is 0. The molecule has 4 heterocycles. The molecule has 10 heteroatoms. The van der Waals surface area contributed by atoms with E-state index in [0.29, 0.717) is 32.1 Å². The van der Waals surface area contributed by atoms with Crippen molar-refractivity contribution in [2.24, 2.45) is 0 Å². The van der Waals surface area contributed by atoms with Crippen molar-refractivity contribution in [1.29, 1.82) is 0 Å². The van der Waals surface area contributed by atoms with Crippen molar-refractivity contribution in [1.82, 2.24) is 20.2 Å². The summed E-state index contributed by atoms with van der Waals surface area (Å²) in [5.74, 6) is 3.65. The van der Waals surface area contributed by atoms with E-state index in [9.17, 15) is 9.90 Å². The first-order chi connectivity index (χ1) is 16.7. The Labute approximate surface area is 204 Å². The molecule has 0 saturated carbocycles. The molecule has 1 aromatic heterocycles. The van der Waals surface area contributed by atoms with Gasteiger partial charge < -0.3 is 29.9 Å². The van der Waals surface area contributed by atoms with Gasteiger partial charge in [-0.1, -0.05) is 18.2 Å². The van der Waals surface area contributed by atoms with E-state index in [1.165, 1.54) is 0 Å². The number of aliphatic hydroxyl groups excluding tert-OH is 1. The Morgan fingerprint density at radius 1 is 1.06 bits per heavy atom. The number of hydrogen-bond acceptors (Lipinski definition) is 9. The molecule has 0 spiro atoms. The molecule has 5 rings (SSSR count). The van der Waals surface area contributed by atoms with Crippen molar-refractivity contribution in [3.63, 3.8) is 0 Å². The molecule has 0 aliphatic carbocycles. The summed E-state index contributed by atoms with van der Waals surface area (Å²) in [6.45, 7) is 7.55. The lowest BCUT2D eigenvalue weighted by atomic mass is 10.1. The van der Waals surface area contributed by atoms with Crippen LogP contribution in [0.3, 0.4) is 0 Å². The molecule has 1 amide bonds. The van der Waals surface area contributed by atoms with Gasteiger partial charge >= 0.3 is 0 Å². The maximum atomic E-state index is 12.9. The van der Waals surface area contributed by atoms with Crippen LogP contribution in [0.15, 0.2) is 30.3 Å². The predicted octanol–water partition coefficient (Wildman–Crippen LogP) is 0.826. The number of ether oxygens (including phenoxy) is 1. The van der Waals surface area contributed by atoms with Gasteiger partial charge in [-0.15, -0.1) is 11.8 Å². The van der Waals surface area contributed by atoms with E-state index in [0.717, 1.165) is 67.8 Å². The van der Waals surface area contributed by atoms with Crippen LogP contribution in [0.4, 0.5) is 11.6 Å². The number of amides is 1. The number of benzene rings is 1. The van der Waals surface area contributed by atoms with Gasteiger partial charge in [-0.25, -0.2) is 9.97 Å². The van der Waals surface area contributed by atoms with Crippen molar-refractivity contribution in [3.05, 3.63) is 35.9 Å². The summed E-state index contributed by atoms with van der Waals surface area (Å²) >= 11 is 1.76. The van der Waals surface area contributed by atoms with E-state index < -0.39 is 0 Å². The number of rotatable bonds is 5. The summed E-state index contributed by atoms with van der Waals surface area (Å²) in [4.78, 5) is 29.2. The number of hydrogen-bond donors (Lipinski definition) is 2. The summed E-state index contributed by atoms with van der Waals surface area (Å²) in [6, 6.07) is 9.80. The molecule has 2 N–H and O–H groups in total. The maximum Gasteiger partial charge on any atom is 0.237 e. The molecule has 0 bridgehead atoms. The van der Waals surface area contributed by atoms with Crippen molar-refractivity contribution in [2.45, 2.75) is 11.9 Å². The van der Waals surface area contributed by atoms with Crippen LogP contribution in [0.1, 0.15) is 5.56 Å². The molecule has 0 radical (unpaired) electrons. The van der Waals surface area contributed by atoms with Crippen molar-refractivity contribution in [3.8, 4) is 11.4 Å². The van der Waals surface area contributed by atoms with Gasteiger partial charge in [0, 0.05) is 69.7 Å². The lowest BCUT2D eigenvalue weighted by Gasteiger charge is -2.38. The molecule has 2 aromatic rings. The molecule has 1 unspecified atom stereocenters. The molecular weight excluding hydrogens is 452 g/mol. The van der Waals surface area contributed by atoms with Crippen LogP contribution < -0.4 is 15.1 Å². The fraction of sp³-hybridized carbons (Fsp3) is 0.542. The maximum absolute atomic E-state index is 12.9. The average molecular weight is 485 g/mol. The Bertz CT molecular complexity index is 988. The van der Waals surface area contributed by atoms with E-state index in [-0.39, 0.29) is 17.8 Å². The molecule has 9 nitrogen and oxygen atoms in total. The van der Waals surface area contributed by atoms with Gasteiger partial charge in [0.25, 0.3) is 0 Å². The number of carbonyl (C=O) groups is 1. The molecule has 3 fully saturated rings. The number of nitrogens with zero attached hydrogens (tertiary/aromatic N) is 5. The Balaban J connectivity index is 1.36. The monoisotopic (exact) mass is 484 g/mol. The average Bonchev–Trinajstić information content (AvgIpc) is 2.93. The van der Waals surface area contributed by atoms with Gasteiger partial charge in [-0.05, 0) is 11.6 Å². The topological polar surface area (TPSA) is 94.1 Å². The van der Waals surface area contributed by atoms with Crippen LogP contribution in [-0.4, -0.2) is 102 Å². The lowest BCUT2D eigenvalue weighted by Crippen LogP contribution is -2.53. The van der Waals surface area contributed by atoms with Gasteiger partial charge in [-0.3, -0.25) is 4.79 Å². The molecule has 182 valence electrons. The highest BCUT2D eigenvalue weighted by atomic mass is 32.2. The molecule has 3 aliphatic heterocycles. The van der Waals surface area contributed by atoms with Crippen LogP contribution in [0.5, 0.6) is 0 Å². The number of piperazine rings is 1. The summed E-state index contributed by atoms with van der Waals surface area (Å²) in [5.41, 5.74) is 1.72. The van der Waals surface area contributed by atoms with Crippen LogP contribution >= 0.6 is 11.8 Å². The number of thioether (sulfide) groups is 1. The molecule has 1 atom stereocenters. The molecule has 1 aromatic carbocycles. The largest absolute Gasteiger partial charge is 0.392 e. The van der Waals surface area contributed by atoms with Gasteiger partial charge in [0.05, 0.1) is 25.1 Å². The second-order valence-electron chi connectivity index (χ2n) is 8.74. The third kappa shape index (κ3) is 5.30. The molecule has 3 aliphatic rings. The second-order valence-corrected chi connectivity index (χ2v) is 10.1. The Kier molecular flexibility index (Phi) is 7.48. The van der Waals surface area contributed by atoms with Gasteiger partial charge in [-0.2, -0.15) is 0 Å². The van der Waals surface area contributed by atoms with E-state index in [4.69, 9.17) is 14.7 Å². The normalized spacial score (nSPS) is 21.6. The minimum atomic E-state index is -0.0192. The Morgan fingerprint density at radius 2 is 1.79 bits per heavy atom. The summed E-state index contributed by atoms with van der Waals surface area (Å²) in [7, 11) is 0. The van der Waals surface area contributed by atoms with Crippen molar-refractivity contribution >= 4 is 29.3 Å². The molecule has 34 heavy (non-hydrogen) atoms. The summed E-state index contributed by atoms with van der Waals surface area (Å²) in [5, 5.41) is 12.9. The lowest BCUT2D eigenvalue weighted by molar-refractivity contribution is -0.130. The third-order valence-corrected chi connectivity index (χ3v) is 7.73. The first kappa shape index (κ1) is 23.3. The van der Waals surface area contributed by atoms with Crippen molar-refractivity contribution in [2.75, 3.05) is 81.1 Å². The smallest absolute Gasteiger partial charge is 0.237 e. The van der Waals surface area contributed by atoms with E-state index in [1.807, 2.05) is 29.2 Å². The summed E-state index contributed by atoms with van der Waals surface area (Å²) < 4.78 is 5.53. The zero-order chi connectivity index (χ0) is 23.3. The SMILES string of the molecule is O=C(C1CNCCS1)N1CCN(c2cc(N3CCOCC3)nc(-c3cccc(CO)c3)n2)CC1. The number of aliphatic hydroxyl groups is 1.